The number of ether oxygens (including phenoxy) is 1. The van der Waals surface area contributed by atoms with Crippen molar-refractivity contribution in [3.63, 3.8) is 0 Å². The molecule has 1 amide bonds. The van der Waals surface area contributed by atoms with Crippen LogP contribution < -0.4 is 10.1 Å². The molecule has 0 radical (unpaired) electrons. The van der Waals surface area contributed by atoms with E-state index in [4.69, 9.17) is 4.74 Å². The van der Waals surface area contributed by atoms with Gasteiger partial charge in [0.1, 0.15) is 5.75 Å². The van der Waals surface area contributed by atoms with Crippen molar-refractivity contribution in [3.8, 4) is 28.4 Å². The Labute approximate surface area is 225 Å². The van der Waals surface area contributed by atoms with Gasteiger partial charge in [-0.15, -0.1) is 21.5 Å². The lowest BCUT2D eigenvalue weighted by Gasteiger charge is -2.13. The van der Waals surface area contributed by atoms with E-state index < -0.39 is 0 Å². The number of carbonyl (C=O) groups excluding carboxylic acids is 1. The van der Waals surface area contributed by atoms with Gasteiger partial charge in [0.25, 0.3) is 0 Å². The number of aryl methyl sites for hydroxylation is 2. The molecule has 1 N–H and O–H groups in total. The lowest BCUT2D eigenvalue weighted by Crippen LogP contribution is -2.14. The number of nitrogens with one attached hydrogen (secondary N) is 1. The summed E-state index contributed by atoms with van der Waals surface area (Å²) in [4.78, 5) is 17.2. The number of benzene rings is 2. The highest BCUT2D eigenvalue weighted by atomic mass is 32.2. The van der Waals surface area contributed by atoms with E-state index >= 15 is 0 Å². The lowest BCUT2D eigenvalue weighted by molar-refractivity contribution is -0.113. The molecule has 0 atom stereocenters. The highest BCUT2D eigenvalue weighted by molar-refractivity contribution is 7.99. The fourth-order valence-corrected chi connectivity index (χ4v) is 5.96. The number of aromatic nitrogens is 4. The molecule has 0 saturated heterocycles. The molecule has 7 nitrogen and oxygen atoms in total. The van der Waals surface area contributed by atoms with Crippen molar-refractivity contribution >= 4 is 34.1 Å². The van der Waals surface area contributed by atoms with Crippen LogP contribution in [-0.4, -0.2) is 37.5 Å². The predicted molar refractivity (Wildman–Crippen MR) is 150 cm³/mol. The summed E-state index contributed by atoms with van der Waals surface area (Å²) in [5.74, 6) is 1.79. The minimum atomic E-state index is -0.119. The fourth-order valence-electron chi connectivity index (χ4n) is 4.43. The van der Waals surface area contributed by atoms with E-state index in [0.717, 1.165) is 41.2 Å². The van der Waals surface area contributed by atoms with Crippen LogP contribution in [0, 0.1) is 13.8 Å². The Morgan fingerprint density at radius 3 is 2.57 bits per heavy atom. The maximum Gasteiger partial charge on any atom is 0.236 e. The Morgan fingerprint density at radius 2 is 1.84 bits per heavy atom. The molecule has 0 aliphatic heterocycles. The van der Waals surface area contributed by atoms with E-state index in [1.807, 2.05) is 34.2 Å². The van der Waals surface area contributed by atoms with Gasteiger partial charge >= 0.3 is 0 Å². The van der Waals surface area contributed by atoms with Crippen LogP contribution in [0.25, 0.3) is 22.6 Å². The summed E-state index contributed by atoms with van der Waals surface area (Å²) in [5.41, 5.74) is 5.37. The third-order valence-corrected chi connectivity index (χ3v) is 8.36. The Balaban J connectivity index is 1.19. The highest BCUT2D eigenvalue weighted by Crippen LogP contribution is 2.29. The third-order valence-electron chi connectivity index (χ3n) is 6.64. The summed E-state index contributed by atoms with van der Waals surface area (Å²) in [5, 5.41) is 15.0. The molecule has 0 unspecified atom stereocenters. The molecule has 0 bridgehead atoms. The summed E-state index contributed by atoms with van der Waals surface area (Å²) in [6.07, 6.45) is 5.10. The van der Waals surface area contributed by atoms with Gasteiger partial charge in [-0.2, -0.15) is 0 Å². The normalized spacial score (nSPS) is 13.7. The number of nitrogens with zero attached hydrogens (tertiary/aromatic N) is 4. The van der Waals surface area contributed by atoms with Crippen molar-refractivity contribution in [3.05, 3.63) is 59.0 Å². The van der Waals surface area contributed by atoms with Crippen molar-refractivity contribution in [1.82, 2.24) is 19.7 Å². The van der Waals surface area contributed by atoms with E-state index in [-0.39, 0.29) is 11.7 Å². The fraction of sp³-hybridized carbons (Fsp3) is 0.357. The monoisotopic (exact) mass is 533 g/mol. The number of rotatable bonds is 9. The van der Waals surface area contributed by atoms with Crippen molar-refractivity contribution in [2.24, 2.45) is 0 Å². The van der Waals surface area contributed by atoms with E-state index in [2.05, 4.69) is 59.5 Å². The smallest absolute Gasteiger partial charge is 0.236 e. The number of anilines is 1. The molecule has 9 heteroatoms. The van der Waals surface area contributed by atoms with E-state index in [1.165, 1.54) is 47.1 Å². The minimum absolute atomic E-state index is 0.119. The zero-order valence-electron chi connectivity index (χ0n) is 21.4. The van der Waals surface area contributed by atoms with Gasteiger partial charge in [-0.25, -0.2) is 4.98 Å². The van der Waals surface area contributed by atoms with Crippen molar-refractivity contribution in [2.75, 3.05) is 11.1 Å². The average molecular weight is 534 g/mol. The topological polar surface area (TPSA) is 81.9 Å². The predicted octanol–water partition coefficient (Wildman–Crippen LogP) is 6.76. The van der Waals surface area contributed by atoms with Crippen LogP contribution in [-0.2, 0) is 11.3 Å². The Hall–Kier alpha value is -3.17. The first-order chi connectivity index (χ1) is 18.0. The second-order valence-electron chi connectivity index (χ2n) is 9.27. The first-order valence-corrected chi connectivity index (χ1v) is 14.5. The van der Waals surface area contributed by atoms with Gasteiger partial charge < -0.3 is 14.6 Å². The summed E-state index contributed by atoms with van der Waals surface area (Å²) < 4.78 is 8.12. The van der Waals surface area contributed by atoms with Gasteiger partial charge in [-0.3, -0.25) is 4.79 Å². The van der Waals surface area contributed by atoms with Crippen LogP contribution in [0.15, 0.2) is 53.0 Å². The summed E-state index contributed by atoms with van der Waals surface area (Å²) in [6.45, 7) is 6.94. The molecule has 37 heavy (non-hydrogen) atoms. The molecule has 4 aromatic rings. The standard InChI is InChI=1S/C28H31N5O2S2/c1-4-33-26(20-11-13-23(14-12-20)35-22-7-5-6-8-22)31-32-28(33)37-17-25(34)30-27-29-24(16-36-27)21-10-9-18(2)19(3)15-21/h9-16,22H,4-8,17H2,1-3H3,(H,29,30,34). The second-order valence-corrected chi connectivity index (χ2v) is 11.1. The van der Waals surface area contributed by atoms with Gasteiger partial charge in [0.05, 0.1) is 17.6 Å². The lowest BCUT2D eigenvalue weighted by atomic mass is 10.1. The van der Waals surface area contributed by atoms with Gasteiger partial charge in [-0.05, 0) is 87.9 Å². The van der Waals surface area contributed by atoms with Gasteiger partial charge in [0, 0.05) is 23.1 Å². The minimum Gasteiger partial charge on any atom is -0.490 e. The molecule has 1 saturated carbocycles. The summed E-state index contributed by atoms with van der Waals surface area (Å²) >= 11 is 2.80. The Kier molecular flexibility index (Phi) is 7.90. The highest BCUT2D eigenvalue weighted by Gasteiger charge is 2.18. The zero-order chi connectivity index (χ0) is 25.8. The van der Waals surface area contributed by atoms with Crippen LogP contribution >= 0.6 is 23.1 Å². The molecule has 1 aliphatic rings. The maximum atomic E-state index is 12.6. The number of thiazole rings is 1. The summed E-state index contributed by atoms with van der Waals surface area (Å²) in [7, 11) is 0. The molecular weight excluding hydrogens is 502 g/mol. The average Bonchev–Trinajstić information content (AvgIpc) is 3.66. The number of hydrogen-bond acceptors (Lipinski definition) is 7. The van der Waals surface area contributed by atoms with Crippen molar-refractivity contribution < 1.29 is 9.53 Å². The number of hydrogen-bond donors (Lipinski definition) is 1. The molecule has 5 rings (SSSR count). The quantitative estimate of drug-likeness (QED) is 0.240. The largest absolute Gasteiger partial charge is 0.490 e. The molecule has 2 aromatic carbocycles. The third kappa shape index (κ3) is 6.05. The zero-order valence-corrected chi connectivity index (χ0v) is 23.0. The van der Waals surface area contributed by atoms with Crippen LogP contribution in [0.2, 0.25) is 0 Å². The van der Waals surface area contributed by atoms with E-state index in [9.17, 15) is 4.79 Å². The Bertz CT molecular complexity index is 1370. The molecule has 192 valence electrons. The molecular formula is C28H31N5O2S2. The molecule has 1 aliphatic carbocycles. The van der Waals surface area contributed by atoms with Crippen molar-refractivity contribution in [2.45, 2.75) is 64.3 Å². The van der Waals surface area contributed by atoms with Gasteiger partial charge in [0.15, 0.2) is 16.1 Å². The SMILES string of the molecule is CCn1c(SCC(=O)Nc2nc(-c3ccc(C)c(C)c3)cs2)nnc1-c1ccc(OC2CCCC2)cc1. The van der Waals surface area contributed by atoms with Crippen LogP contribution in [0.1, 0.15) is 43.7 Å². The molecule has 2 aromatic heterocycles. The van der Waals surface area contributed by atoms with E-state index in [0.29, 0.717) is 22.9 Å². The second kappa shape index (κ2) is 11.5. The van der Waals surface area contributed by atoms with Gasteiger partial charge in [-0.1, -0.05) is 23.9 Å². The summed E-state index contributed by atoms with van der Waals surface area (Å²) in [6, 6.07) is 14.3. The molecule has 0 spiro atoms. The van der Waals surface area contributed by atoms with Gasteiger partial charge in [0.2, 0.25) is 5.91 Å². The van der Waals surface area contributed by atoms with Crippen LogP contribution in [0.5, 0.6) is 5.75 Å². The molecule has 2 heterocycles. The van der Waals surface area contributed by atoms with Crippen LogP contribution in [0.4, 0.5) is 5.13 Å². The number of carbonyl (C=O) groups is 1. The first-order valence-electron chi connectivity index (χ1n) is 12.7. The Morgan fingerprint density at radius 1 is 1.08 bits per heavy atom. The van der Waals surface area contributed by atoms with Crippen molar-refractivity contribution in [1.29, 1.82) is 0 Å². The van der Waals surface area contributed by atoms with Crippen LogP contribution in [0.3, 0.4) is 0 Å². The maximum absolute atomic E-state index is 12.6. The number of thioether (sulfide) groups is 1. The van der Waals surface area contributed by atoms with E-state index in [1.54, 1.807) is 0 Å². The number of amides is 1. The molecule has 1 fully saturated rings. The first kappa shape index (κ1) is 25.5.